The van der Waals surface area contributed by atoms with Crippen molar-refractivity contribution >= 4 is 6.09 Å². The standard InChI is InChI=1S/C30H34N4O4/c1-30(2,3)38-29(35)33-17-15-32(16-18-33)20-24-21-34(31-28(24)27-6-5-19-37-27)25-11-7-22(8-12-25)23-9-13-26(36-4)14-10-23/h5-14,19,21H,15-18,20H2,1-4H3. The number of hydrogen-bond acceptors (Lipinski definition) is 6. The fraction of sp³-hybridized carbons (Fsp3) is 0.333. The Bertz CT molecular complexity index is 1350. The second-order valence-corrected chi connectivity index (χ2v) is 10.4. The zero-order valence-corrected chi connectivity index (χ0v) is 22.4. The van der Waals surface area contributed by atoms with E-state index in [0.29, 0.717) is 19.6 Å². The maximum Gasteiger partial charge on any atom is 0.410 e. The molecule has 1 fully saturated rings. The van der Waals surface area contributed by atoms with Gasteiger partial charge in [-0.3, -0.25) is 4.90 Å². The van der Waals surface area contributed by atoms with Gasteiger partial charge in [-0.1, -0.05) is 24.3 Å². The van der Waals surface area contributed by atoms with Crippen molar-refractivity contribution in [3.63, 3.8) is 0 Å². The molecule has 8 nitrogen and oxygen atoms in total. The predicted octanol–water partition coefficient (Wildman–Crippen LogP) is 5.86. The molecule has 0 aliphatic carbocycles. The van der Waals surface area contributed by atoms with Gasteiger partial charge in [0.1, 0.15) is 17.0 Å². The summed E-state index contributed by atoms with van der Waals surface area (Å²) in [6.45, 7) is 9.17. The molecule has 5 rings (SSSR count). The van der Waals surface area contributed by atoms with Crippen LogP contribution in [0.15, 0.2) is 77.5 Å². The molecule has 1 aliphatic heterocycles. The van der Waals surface area contributed by atoms with E-state index in [-0.39, 0.29) is 6.09 Å². The van der Waals surface area contributed by atoms with Crippen molar-refractivity contribution in [1.29, 1.82) is 0 Å². The van der Waals surface area contributed by atoms with Crippen LogP contribution in [-0.2, 0) is 11.3 Å². The first-order valence-corrected chi connectivity index (χ1v) is 12.9. The van der Waals surface area contributed by atoms with Gasteiger partial charge >= 0.3 is 6.09 Å². The lowest BCUT2D eigenvalue weighted by molar-refractivity contribution is 0.0139. The average Bonchev–Trinajstić information content (AvgIpc) is 3.59. The lowest BCUT2D eigenvalue weighted by atomic mass is 10.1. The predicted molar refractivity (Wildman–Crippen MR) is 146 cm³/mol. The van der Waals surface area contributed by atoms with E-state index >= 15 is 0 Å². The minimum atomic E-state index is -0.492. The molecule has 0 spiro atoms. The third kappa shape index (κ3) is 5.92. The van der Waals surface area contributed by atoms with Gasteiger partial charge in [-0.25, -0.2) is 9.48 Å². The zero-order valence-electron chi connectivity index (χ0n) is 22.4. The van der Waals surface area contributed by atoms with Crippen molar-refractivity contribution in [3.05, 3.63) is 78.7 Å². The third-order valence-corrected chi connectivity index (χ3v) is 6.52. The van der Waals surface area contributed by atoms with Gasteiger partial charge in [-0.2, -0.15) is 5.10 Å². The van der Waals surface area contributed by atoms with Crippen LogP contribution in [0.4, 0.5) is 4.79 Å². The molecule has 0 radical (unpaired) electrons. The number of carbonyl (C=O) groups is 1. The Morgan fingerprint density at radius 2 is 1.61 bits per heavy atom. The number of amides is 1. The molecule has 0 unspecified atom stereocenters. The lowest BCUT2D eigenvalue weighted by Crippen LogP contribution is -2.49. The second kappa shape index (κ2) is 10.8. The summed E-state index contributed by atoms with van der Waals surface area (Å²) in [5.41, 5.74) is 4.62. The number of furan rings is 1. The van der Waals surface area contributed by atoms with Crippen LogP contribution in [-0.4, -0.2) is 64.6 Å². The Morgan fingerprint density at radius 3 is 2.18 bits per heavy atom. The third-order valence-electron chi connectivity index (χ3n) is 6.52. The number of piperazine rings is 1. The van der Waals surface area contributed by atoms with E-state index in [2.05, 4.69) is 47.5 Å². The highest BCUT2D eigenvalue weighted by atomic mass is 16.6. The Labute approximate surface area is 223 Å². The smallest absolute Gasteiger partial charge is 0.410 e. The molecule has 2 aromatic carbocycles. The van der Waals surface area contributed by atoms with E-state index in [9.17, 15) is 4.79 Å². The zero-order chi connectivity index (χ0) is 26.7. The number of aromatic nitrogens is 2. The fourth-order valence-corrected chi connectivity index (χ4v) is 4.52. The van der Waals surface area contributed by atoms with Gasteiger partial charge in [-0.05, 0) is 68.3 Å². The second-order valence-electron chi connectivity index (χ2n) is 10.4. The van der Waals surface area contributed by atoms with Crippen LogP contribution in [0.5, 0.6) is 5.75 Å². The topological polar surface area (TPSA) is 73.0 Å². The molecule has 198 valence electrons. The highest BCUT2D eigenvalue weighted by molar-refractivity contribution is 5.68. The van der Waals surface area contributed by atoms with Crippen molar-refractivity contribution in [3.8, 4) is 34.0 Å². The number of nitrogens with zero attached hydrogens (tertiary/aromatic N) is 4. The van der Waals surface area contributed by atoms with Crippen LogP contribution < -0.4 is 4.74 Å². The van der Waals surface area contributed by atoms with Gasteiger partial charge in [-0.15, -0.1) is 0 Å². The average molecular weight is 515 g/mol. The maximum absolute atomic E-state index is 12.4. The van der Waals surface area contributed by atoms with Gasteiger partial charge in [0.15, 0.2) is 5.76 Å². The number of carbonyl (C=O) groups excluding carboxylic acids is 1. The Morgan fingerprint density at radius 1 is 0.947 bits per heavy atom. The summed E-state index contributed by atoms with van der Waals surface area (Å²) >= 11 is 0. The van der Waals surface area contributed by atoms with Gasteiger partial charge in [0.25, 0.3) is 0 Å². The number of methoxy groups -OCH3 is 1. The van der Waals surface area contributed by atoms with Crippen LogP contribution in [0.3, 0.4) is 0 Å². The molecule has 1 aliphatic rings. The van der Waals surface area contributed by atoms with Crippen LogP contribution in [0.2, 0.25) is 0 Å². The van der Waals surface area contributed by atoms with E-state index in [4.69, 9.17) is 19.0 Å². The summed E-state index contributed by atoms with van der Waals surface area (Å²) in [4.78, 5) is 16.6. The van der Waals surface area contributed by atoms with E-state index in [1.807, 2.05) is 49.7 Å². The Balaban J connectivity index is 1.31. The summed E-state index contributed by atoms with van der Waals surface area (Å²) in [6.07, 6.45) is 3.49. The van der Waals surface area contributed by atoms with Crippen LogP contribution in [0.25, 0.3) is 28.3 Å². The summed E-state index contributed by atoms with van der Waals surface area (Å²) in [7, 11) is 1.67. The molecule has 4 aromatic rings. The summed E-state index contributed by atoms with van der Waals surface area (Å²) < 4.78 is 18.4. The van der Waals surface area contributed by atoms with Crippen LogP contribution >= 0.6 is 0 Å². The molecular weight excluding hydrogens is 480 g/mol. The first kappa shape index (κ1) is 25.6. The molecule has 8 heteroatoms. The Kier molecular flexibility index (Phi) is 7.24. The van der Waals surface area contributed by atoms with Crippen molar-refractivity contribution < 1.29 is 18.7 Å². The number of ether oxygens (including phenoxy) is 2. The molecule has 0 N–H and O–H groups in total. The summed E-state index contributed by atoms with van der Waals surface area (Å²) in [5.74, 6) is 1.58. The Hall–Kier alpha value is -4.04. The van der Waals surface area contributed by atoms with E-state index in [0.717, 1.165) is 52.7 Å². The SMILES string of the molecule is COc1ccc(-c2ccc(-n3cc(CN4CCN(C(=O)OC(C)(C)C)CC4)c(-c4ccco4)n3)cc2)cc1. The first-order chi connectivity index (χ1) is 18.3. The van der Waals surface area contributed by atoms with Crippen molar-refractivity contribution in [2.75, 3.05) is 33.3 Å². The summed E-state index contributed by atoms with van der Waals surface area (Å²) in [5, 5.41) is 4.89. The van der Waals surface area contributed by atoms with Crippen molar-refractivity contribution in [2.24, 2.45) is 0 Å². The molecule has 2 aromatic heterocycles. The highest BCUT2D eigenvalue weighted by Gasteiger charge is 2.27. The molecule has 0 saturated carbocycles. The van der Waals surface area contributed by atoms with E-state index in [1.54, 1.807) is 18.3 Å². The largest absolute Gasteiger partial charge is 0.497 e. The minimum absolute atomic E-state index is 0.251. The first-order valence-electron chi connectivity index (χ1n) is 12.9. The molecule has 1 amide bonds. The summed E-state index contributed by atoms with van der Waals surface area (Å²) in [6, 6.07) is 20.2. The molecular formula is C30H34N4O4. The molecule has 3 heterocycles. The van der Waals surface area contributed by atoms with Gasteiger partial charge in [0.2, 0.25) is 0 Å². The minimum Gasteiger partial charge on any atom is -0.497 e. The quantitative estimate of drug-likeness (QED) is 0.321. The molecule has 1 saturated heterocycles. The van der Waals surface area contributed by atoms with Crippen LogP contribution in [0, 0.1) is 0 Å². The van der Waals surface area contributed by atoms with Gasteiger partial charge in [0.05, 0.1) is 19.1 Å². The normalized spacial score (nSPS) is 14.5. The van der Waals surface area contributed by atoms with E-state index < -0.39 is 5.60 Å². The molecule has 0 bridgehead atoms. The van der Waals surface area contributed by atoms with E-state index in [1.165, 1.54) is 0 Å². The van der Waals surface area contributed by atoms with Gasteiger partial charge in [0, 0.05) is 44.5 Å². The van der Waals surface area contributed by atoms with Crippen molar-refractivity contribution in [1.82, 2.24) is 19.6 Å². The fourth-order valence-electron chi connectivity index (χ4n) is 4.52. The van der Waals surface area contributed by atoms with Crippen LogP contribution in [0.1, 0.15) is 26.3 Å². The lowest BCUT2D eigenvalue weighted by Gasteiger charge is -2.35. The number of hydrogen-bond donors (Lipinski definition) is 0. The molecule has 38 heavy (non-hydrogen) atoms. The molecule has 0 atom stereocenters. The maximum atomic E-state index is 12.4. The number of benzene rings is 2. The monoisotopic (exact) mass is 514 g/mol. The van der Waals surface area contributed by atoms with Gasteiger partial charge < -0.3 is 18.8 Å². The number of rotatable bonds is 6. The highest BCUT2D eigenvalue weighted by Crippen LogP contribution is 2.28. The van der Waals surface area contributed by atoms with Crippen molar-refractivity contribution in [2.45, 2.75) is 32.9 Å².